The quantitative estimate of drug-likeness (QED) is 0.752. The van der Waals surface area contributed by atoms with Crippen LogP contribution in [-0.2, 0) is 10.0 Å². The fraction of sp³-hybridized carbons (Fsp3) is 0.611. The molecule has 2 aliphatic rings. The molecule has 2 saturated heterocycles. The minimum Gasteiger partial charge on any atom is -0.336 e. The van der Waals surface area contributed by atoms with Crippen LogP contribution in [0.2, 0.25) is 5.02 Å². The van der Waals surface area contributed by atoms with Gasteiger partial charge in [-0.05, 0) is 31.0 Å². The number of hydrogen-bond acceptors (Lipinski definition) is 4. The van der Waals surface area contributed by atoms with Crippen LogP contribution in [0, 0.1) is 5.82 Å². The molecule has 0 radical (unpaired) electrons. The first kappa shape index (κ1) is 20.5. The van der Waals surface area contributed by atoms with E-state index in [9.17, 15) is 17.6 Å². The Labute approximate surface area is 164 Å². The van der Waals surface area contributed by atoms with Gasteiger partial charge < -0.3 is 4.90 Å². The van der Waals surface area contributed by atoms with Crippen molar-refractivity contribution >= 4 is 27.5 Å². The van der Waals surface area contributed by atoms with Gasteiger partial charge in [0.1, 0.15) is 5.82 Å². The minimum absolute atomic E-state index is 0.0590. The van der Waals surface area contributed by atoms with Gasteiger partial charge in [-0.15, -0.1) is 0 Å². The third-order valence-electron chi connectivity index (χ3n) is 5.83. The van der Waals surface area contributed by atoms with E-state index >= 15 is 0 Å². The highest BCUT2D eigenvalue weighted by molar-refractivity contribution is 7.88. The lowest BCUT2D eigenvalue weighted by atomic mass is 9.92. The molecule has 0 unspecified atom stereocenters. The van der Waals surface area contributed by atoms with Gasteiger partial charge >= 0.3 is 0 Å². The summed E-state index contributed by atoms with van der Waals surface area (Å²) in [6.07, 6.45) is 2.92. The SMILES string of the molecule is CC[C@@]1(N2CCN(C(=O)c3ccc(F)c(Cl)c3)CC2)CCN(S(C)(=O)=O)C1. The molecule has 1 atom stereocenters. The minimum atomic E-state index is -3.19. The molecule has 2 aliphatic heterocycles. The molecule has 1 aromatic carbocycles. The number of benzene rings is 1. The maximum atomic E-state index is 13.3. The van der Waals surface area contributed by atoms with E-state index < -0.39 is 15.8 Å². The Morgan fingerprint density at radius 1 is 1.22 bits per heavy atom. The number of hydrogen-bond donors (Lipinski definition) is 0. The second kappa shape index (κ2) is 7.66. The molecular weight excluding hydrogens is 393 g/mol. The Balaban J connectivity index is 1.66. The second-order valence-electron chi connectivity index (χ2n) is 7.33. The summed E-state index contributed by atoms with van der Waals surface area (Å²) in [4.78, 5) is 16.7. The van der Waals surface area contributed by atoms with E-state index in [1.54, 1.807) is 9.21 Å². The standard InChI is InChI=1S/C18H25ClFN3O3S/c1-3-18(6-7-23(13-18)27(2,25)26)22-10-8-21(9-11-22)17(24)14-4-5-16(20)15(19)12-14/h4-5,12H,3,6-11,13H2,1-2H3/t18-/m1/s1. The number of halogens is 2. The van der Waals surface area contributed by atoms with Gasteiger partial charge in [0.15, 0.2) is 0 Å². The highest BCUT2D eigenvalue weighted by atomic mass is 35.5. The van der Waals surface area contributed by atoms with Crippen LogP contribution in [-0.4, -0.2) is 79.5 Å². The Morgan fingerprint density at radius 2 is 1.89 bits per heavy atom. The molecule has 27 heavy (non-hydrogen) atoms. The van der Waals surface area contributed by atoms with E-state index in [1.165, 1.54) is 24.5 Å². The molecule has 3 rings (SSSR count). The van der Waals surface area contributed by atoms with Crippen molar-refractivity contribution in [2.75, 3.05) is 45.5 Å². The van der Waals surface area contributed by atoms with Crippen LogP contribution < -0.4 is 0 Å². The molecular formula is C18H25ClFN3O3S. The summed E-state index contributed by atoms with van der Waals surface area (Å²) in [5.74, 6) is -0.703. The number of amides is 1. The maximum absolute atomic E-state index is 13.3. The molecule has 0 saturated carbocycles. The van der Waals surface area contributed by atoms with Gasteiger partial charge in [-0.3, -0.25) is 9.69 Å². The molecule has 9 heteroatoms. The molecule has 1 aromatic rings. The molecule has 2 heterocycles. The van der Waals surface area contributed by atoms with Crippen LogP contribution in [0.5, 0.6) is 0 Å². The topological polar surface area (TPSA) is 60.9 Å². The van der Waals surface area contributed by atoms with Crippen LogP contribution in [0.1, 0.15) is 30.1 Å². The number of carbonyl (C=O) groups excluding carboxylic acids is 1. The summed E-state index contributed by atoms with van der Waals surface area (Å²) in [5.41, 5.74) is 0.210. The van der Waals surface area contributed by atoms with Gasteiger partial charge in [-0.1, -0.05) is 18.5 Å². The highest BCUT2D eigenvalue weighted by Crippen LogP contribution is 2.33. The van der Waals surface area contributed by atoms with Crippen molar-refractivity contribution < 1.29 is 17.6 Å². The van der Waals surface area contributed by atoms with E-state index in [4.69, 9.17) is 11.6 Å². The summed E-state index contributed by atoms with van der Waals surface area (Å²) in [6, 6.07) is 4.01. The largest absolute Gasteiger partial charge is 0.336 e. The highest BCUT2D eigenvalue weighted by Gasteiger charge is 2.45. The summed E-state index contributed by atoms with van der Waals surface area (Å²) >= 11 is 5.79. The zero-order chi connectivity index (χ0) is 19.8. The molecule has 0 spiro atoms. The van der Waals surface area contributed by atoms with Crippen molar-refractivity contribution in [2.45, 2.75) is 25.3 Å². The van der Waals surface area contributed by atoms with Crippen molar-refractivity contribution in [3.05, 3.63) is 34.6 Å². The van der Waals surface area contributed by atoms with Crippen LogP contribution in [0.25, 0.3) is 0 Å². The molecule has 1 amide bonds. The van der Waals surface area contributed by atoms with Gasteiger partial charge in [-0.25, -0.2) is 17.1 Å². The Bertz CT molecular complexity index is 827. The lowest BCUT2D eigenvalue weighted by Crippen LogP contribution is -2.59. The van der Waals surface area contributed by atoms with E-state index in [0.717, 1.165) is 12.8 Å². The molecule has 6 nitrogen and oxygen atoms in total. The number of carbonyl (C=O) groups is 1. The van der Waals surface area contributed by atoms with Crippen molar-refractivity contribution in [1.82, 2.24) is 14.1 Å². The van der Waals surface area contributed by atoms with Crippen LogP contribution in [0.4, 0.5) is 4.39 Å². The van der Waals surface area contributed by atoms with Crippen molar-refractivity contribution in [3.8, 4) is 0 Å². The van der Waals surface area contributed by atoms with Crippen LogP contribution in [0.15, 0.2) is 18.2 Å². The first-order valence-electron chi connectivity index (χ1n) is 9.11. The number of piperazine rings is 1. The maximum Gasteiger partial charge on any atom is 0.253 e. The fourth-order valence-corrected chi connectivity index (χ4v) is 5.15. The van der Waals surface area contributed by atoms with Crippen LogP contribution >= 0.6 is 11.6 Å². The van der Waals surface area contributed by atoms with Gasteiger partial charge in [0.2, 0.25) is 10.0 Å². The molecule has 0 bridgehead atoms. The lowest BCUT2D eigenvalue weighted by molar-refractivity contribution is 0.0312. The summed E-state index contributed by atoms with van der Waals surface area (Å²) < 4.78 is 38.6. The molecule has 0 N–H and O–H groups in total. The third-order valence-corrected chi connectivity index (χ3v) is 7.37. The van der Waals surface area contributed by atoms with Gasteiger partial charge in [0.25, 0.3) is 5.91 Å². The zero-order valence-electron chi connectivity index (χ0n) is 15.6. The molecule has 150 valence electrons. The second-order valence-corrected chi connectivity index (χ2v) is 9.72. The number of nitrogens with zero attached hydrogens (tertiary/aromatic N) is 3. The number of rotatable bonds is 4. The van der Waals surface area contributed by atoms with Crippen molar-refractivity contribution in [3.63, 3.8) is 0 Å². The zero-order valence-corrected chi connectivity index (χ0v) is 17.2. The molecule has 0 aromatic heterocycles. The van der Waals surface area contributed by atoms with Gasteiger partial charge in [-0.2, -0.15) is 0 Å². The first-order valence-corrected chi connectivity index (χ1v) is 11.3. The van der Waals surface area contributed by atoms with Crippen LogP contribution in [0.3, 0.4) is 0 Å². The van der Waals surface area contributed by atoms with Crippen molar-refractivity contribution in [1.29, 1.82) is 0 Å². The fourth-order valence-electron chi connectivity index (χ4n) is 4.07. The van der Waals surface area contributed by atoms with Gasteiger partial charge in [0, 0.05) is 50.4 Å². The molecule has 2 fully saturated rings. The lowest BCUT2D eigenvalue weighted by Gasteiger charge is -2.45. The Morgan fingerprint density at radius 3 is 2.41 bits per heavy atom. The summed E-state index contributed by atoms with van der Waals surface area (Å²) in [5, 5.41) is -0.0590. The van der Waals surface area contributed by atoms with E-state index in [1.807, 2.05) is 0 Å². The molecule has 0 aliphatic carbocycles. The van der Waals surface area contributed by atoms with E-state index in [2.05, 4.69) is 11.8 Å². The van der Waals surface area contributed by atoms with E-state index in [-0.39, 0.29) is 16.5 Å². The van der Waals surface area contributed by atoms with E-state index in [0.29, 0.717) is 44.8 Å². The first-order chi connectivity index (χ1) is 12.7. The third kappa shape index (κ3) is 4.13. The van der Waals surface area contributed by atoms with Crippen molar-refractivity contribution in [2.24, 2.45) is 0 Å². The predicted molar refractivity (Wildman–Crippen MR) is 103 cm³/mol. The van der Waals surface area contributed by atoms with Gasteiger partial charge in [0.05, 0.1) is 11.3 Å². The Kier molecular flexibility index (Phi) is 5.82. The summed E-state index contributed by atoms with van der Waals surface area (Å²) in [6.45, 7) is 5.61. The Hall–Kier alpha value is -1.22. The predicted octanol–water partition coefficient (Wildman–Crippen LogP) is 2.05. The average molecular weight is 418 g/mol. The monoisotopic (exact) mass is 417 g/mol. The number of sulfonamides is 1. The summed E-state index contributed by atoms with van der Waals surface area (Å²) in [7, 11) is -3.19. The normalized spacial score (nSPS) is 25.1. The smallest absolute Gasteiger partial charge is 0.253 e. The average Bonchev–Trinajstić information content (AvgIpc) is 3.10.